The Balaban J connectivity index is 2.74. The van der Waals surface area contributed by atoms with Gasteiger partial charge in [0.2, 0.25) is 5.91 Å². The molecule has 1 rings (SSSR count). The molecule has 0 aliphatic rings. The van der Waals surface area contributed by atoms with Gasteiger partial charge in [0.25, 0.3) is 5.91 Å². The molecule has 0 bridgehead atoms. The highest BCUT2D eigenvalue weighted by atomic mass is 16.2. The zero-order valence-corrected chi connectivity index (χ0v) is 12.5. The number of benzene rings is 1. The highest BCUT2D eigenvalue weighted by Gasteiger charge is 2.25. The lowest BCUT2D eigenvalue weighted by Gasteiger charge is -2.20. The van der Waals surface area contributed by atoms with Crippen LogP contribution >= 0.6 is 0 Å². The van der Waals surface area contributed by atoms with Gasteiger partial charge in [-0.25, -0.2) is 0 Å². The summed E-state index contributed by atoms with van der Waals surface area (Å²) in [5.41, 5.74) is 7.12. The van der Waals surface area contributed by atoms with E-state index in [1.165, 1.54) is 0 Å². The first-order valence-electron chi connectivity index (χ1n) is 6.70. The number of hydrogen-bond donors (Lipinski definition) is 3. The molecule has 5 heteroatoms. The summed E-state index contributed by atoms with van der Waals surface area (Å²) in [4.78, 5) is 23.3. The van der Waals surface area contributed by atoms with Crippen LogP contribution in [0.15, 0.2) is 18.2 Å². The lowest BCUT2D eigenvalue weighted by molar-refractivity contribution is -0.125. The Morgan fingerprint density at radius 3 is 2.45 bits per heavy atom. The van der Waals surface area contributed by atoms with E-state index in [1.807, 2.05) is 26.0 Å². The van der Waals surface area contributed by atoms with Gasteiger partial charge in [0.15, 0.2) is 0 Å². The van der Waals surface area contributed by atoms with Crippen molar-refractivity contribution in [3.63, 3.8) is 0 Å². The Bertz CT molecular complexity index is 510. The summed E-state index contributed by atoms with van der Waals surface area (Å²) in [6.45, 7) is 8.42. The van der Waals surface area contributed by atoms with Crippen LogP contribution < -0.4 is 16.4 Å². The van der Waals surface area contributed by atoms with Crippen LogP contribution in [0.2, 0.25) is 0 Å². The largest absolute Gasteiger partial charge is 0.385 e. The Hall–Kier alpha value is -2.04. The quantitative estimate of drug-likeness (QED) is 0.739. The molecule has 1 aromatic carbocycles. The Labute approximate surface area is 119 Å². The monoisotopic (exact) mass is 277 g/mol. The molecule has 0 saturated carbocycles. The maximum absolute atomic E-state index is 12.1. The van der Waals surface area contributed by atoms with Crippen molar-refractivity contribution < 1.29 is 9.59 Å². The van der Waals surface area contributed by atoms with Gasteiger partial charge in [-0.05, 0) is 51.5 Å². The fourth-order valence-corrected chi connectivity index (χ4v) is 1.68. The van der Waals surface area contributed by atoms with E-state index in [-0.39, 0.29) is 12.5 Å². The second kappa shape index (κ2) is 6.41. The van der Waals surface area contributed by atoms with E-state index < -0.39 is 11.3 Å². The highest BCUT2D eigenvalue weighted by molar-refractivity contribution is 5.95. The molecule has 4 N–H and O–H groups in total. The van der Waals surface area contributed by atoms with Gasteiger partial charge in [-0.3, -0.25) is 9.59 Å². The first-order valence-corrected chi connectivity index (χ1v) is 6.70. The van der Waals surface area contributed by atoms with Crippen molar-refractivity contribution in [1.29, 1.82) is 0 Å². The minimum atomic E-state index is -0.756. The topological polar surface area (TPSA) is 84.2 Å². The summed E-state index contributed by atoms with van der Waals surface area (Å²) in [5.74, 6) is -0.637. The third-order valence-electron chi connectivity index (χ3n) is 3.21. The summed E-state index contributed by atoms with van der Waals surface area (Å²) in [5, 5.41) is 5.96. The van der Waals surface area contributed by atoms with Gasteiger partial charge >= 0.3 is 0 Å². The fourth-order valence-electron chi connectivity index (χ4n) is 1.68. The summed E-state index contributed by atoms with van der Waals surface area (Å²) < 4.78 is 0. The second-order valence-corrected chi connectivity index (χ2v) is 5.49. The number of primary amides is 1. The van der Waals surface area contributed by atoms with Crippen LogP contribution in [0.3, 0.4) is 0 Å². The summed E-state index contributed by atoms with van der Waals surface area (Å²) in [6.07, 6.45) is 0. The van der Waals surface area contributed by atoms with E-state index in [4.69, 9.17) is 5.73 Å². The number of nitrogens with two attached hydrogens (primary N) is 1. The van der Waals surface area contributed by atoms with Crippen molar-refractivity contribution in [3.8, 4) is 0 Å². The van der Waals surface area contributed by atoms with E-state index in [1.54, 1.807) is 19.9 Å². The number of hydrogen-bond acceptors (Lipinski definition) is 3. The molecule has 110 valence electrons. The molecule has 0 radical (unpaired) electrons. The summed E-state index contributed by atoms with van der Waals surface area (Å²) >= 11 is 0. The molecule has 20 heavy (non-hydrogen) atoms. The average Bonchev–Trinajstić information content (AvgIpc) is 2.38. The smallest absolute Gasteiger partial charge is 0.251 e. The third kappa shape index (κ3) is 3.98. The van der Waals surface area contributed by atoms with Crippen LogP contribution in [0.25, 0.3) is 0 Å². The second-order valence-electron chi connectivity index (χ2n) is 5.49. The SMILES string of the molecule is CCNc1ccc(C(=O)NCC(C)(C)C(N)=O)cc1C. The van der Waals surface area contributed by atoms with Crippen LogP contribution in [0, 0.1) is 12.3 Å². The van der Waals surface area contributed by atoms with Crippen LogP contribution in [0.1, 0.15) is 36.7 Å². The summed E-state index contributed by atoms with van der Waals surface area (Å²) in [7, 11) is 0. The predicted octanol–water partition coefficient (Wildman–Crippen LogP) is 1.67. The van der Waals surface area contributed by atoms with Gasteiger partial charge in [0.05, 0.1) is 5.41 Å². The standard InChI is InChI=1S/C15H23N3O2/c1-5-17-12-7-6-11(8-10(12)2)13(19)18-9-15(3,4)14(16)20/h6-8,17H,5,9H2,1-4H3,(H2,16,20)(H,18,19). The molecule has 0 fully saturated rings. The van der Waals surface area contributed by atoms with Gasteiger partial charge in [-0.2, -0.15) is 0 Å². The zero-order valence-electron chi connectivity index (χ0n) is 12.5. The Morgan fingerprint density at radius 2 is 1.95 bits per heavy atom. The molecule has 0 spiro atoms. The lowest BCUT2D eigenvalue weighted by Crippen LogP contribution is -2.42. The van der Waals surface area contributed by atoms with Gasteiger partial charge in [0, 0.05) is 24.3 Å². The lowest BCUT2D eigenvalue weighted by atomic mass is 9.92. The van der Waals surface area contributed by atoms with Crippen LogP contribution in [-0.2, 0) is 4.79 Å². The maximum atomic E-state index is 12.1. The molecular weight excluding hydrogens is 254 g/mol. The first-order chi connectivity index (χ1) is 9.27. The van der Waals surface area contributed by atoms with E-state index in [9.17, 15) is 9.59 Å². The first kappa shape index (κ1) is 16.0. The fraction of sp³-hybridized carbons (Fsp3) is 0.467. The van der Waals surface area contributed by atoms with E-state index in [2.05, 4.69) is 10.6 Å². The van der Waals surface area contributed by atoms with Gasteiger partial charge in [-0.1, -0.05) is 0 Å². The molecule has 1 aromatic rings. The highest BCUT2D eigenvalue weighted by Crippen LogP contribution is 2.17. The average molecular weight is 277 g/mol. The van der Waals surface area contributed by atoms with Crippen LogP contribution in [-0.4, -0.2) is 24.9 Å². The number of rotatable bonds is 6. The molecule has 0 aliphatic heterocycles. The third-order valence-corrected chi connectivity index (χ3v) is 3.21. The number of aryl methyl sites for hydroxylation is 1. The molecule has 0 unspecified atom stereocenters. The van der Waals surface area contributed by atoms with Crippen molar-refractivity contribution >= 4 is 17.5 Å². The molecular formula is C15H23N3O2. The number of nitrogens with one attached hydrogen (secondary N) is 2. The van der Waals surface area contributed by atoms with Crippen molar-refractivity contribution in [3.05, 3.63) is 29.3 Å². The molecule has 0 aliphatic carbocycles. The van der Waals surface area contributed by atoms with Crippen LogP contribution in [0.4, 0.5) is 5.69 Å². The molecule has 0 aromatic heterocycles. The Kier molecular flexibility index (Phi) is 5.13. The van der Waals surface area contributed by atoms with Crippen molar-refractivity contribution in [1.82, 2.24) is 5.32 Å². The molecule has 0 heterocycles. The van der Waals surface area contributed by atoms with E-state index in [0.717, 1.165) is 17.8 Å². The van der Waals surface area contributed by atoms with Crippen LogP contribution in [0.5, 0.6) is 0 Å². The zero-order chi connectivity index (χ0) is 15.3. The molecule has 0 saturated heterocycles. The normalized spacial score (nSPS) is 11.0. The number of amides is 2. The van der Waals surface area contributed by atoms with E-state index in [0.29, 0.717) is 5.56 Å². The van der Waals surface area contributed by atoms with Gasteiger partial charge in [0.1, 0.15) is 0 Å². The number of carbonyl (C=O) groups excluding carboxylic acids is 2. The molecule has 2 amide bonds. The Morgan fingerprint density at radius 1 is 1.30 bits per heavy atom. The van der Waals surface area contributed by atoms with Crippen molar-refractivity contribution in [2.24, 2.45) is 11.1 Å². The molecule has 0 atom stereocenters. The molecule has 5 nitrogen and oxygen atoms in total. The van der Waals surface area contributed by atoms with E-state index >= 15 is 0 Å². The minimum absolute atomic E-state index is 0.203. The van der Waals surface area contributed by atoms with Gasteiger partial charge < -0.3 is 16.4 Å². The number of anilines is 1. The van der Waals surface area contributed by atoms with Crippen molar-refractivity contribution in [2.75, 3.05) is 18.4 Å². The van der Waals surface area contributed by atoms with Crippen molar-refractivity contribution in [2.45, 2.75) is 27.7 Å². The number of carbonyl (C=O) groups is 2. The maximum Gasteiger partial charge on any atom is 0.251 e. The minimum Gasteiger partial charge on any atom is -0.385 e. The predicted molar refractivity (Wildman–Crippen MR) is 80.7 cm³/mol. The summed E-state index contributed by atoms with van der Waals surface area (Å²) in [6, 6.07) is 5.47. The van der Waals surface area contributed by atoms with Gasteiger partial charge in [-0.15, -0.1) is 0 Å².